The third-order valence-corrected chi connectivity index (χ3v) is 2.71. The number of hydrogen-bond acceptors (Lipinski definition) is 1. The van der Waals surface area contributed by atoms with Gasteiger partial charge in [0.25, 0.3) is 0 Å². The third-order valence-electron chi connectivity index (χ3n) is 2.71. The van der Waals surface area contributed by atoms with Gasteiger partial charge in [-0.3, -0.25) is 4.79 Å². The van der Waals surface area contributed by atoms with E-state index >= 15 is 0 Å². The molecule has 0 spiro atoms. The summed E-state index contributed by atoms with van der Waals surface area (Å²) in [4.78, 5) is 11.3. The van der Waals surface area contributed by atoms with E-state index < -0.39 is 0 Å². The molecule has 0 aliphatic heterocycles. The molecule has 0 N–H and O–H groups in total. The average molecular weight is 198 g/mol. The fraction of sp³-hybridized carbons (Fsp3) is 0.214. The predicted octanol–water partition coefficient (Wildman–Crippen LogP) is 3.66. The predicted molar refractivity (Wildman–Crippen MR) is 63.4 cm³/mol. The molecule has 1 nitrogen and oxygen atoms in total. The molecule has 0 saturated heterocycles. The first-order valence-corrected chi connectivity index (χ1v) is 5.10. The minimum Gasteiger partial charge on any atom is -0.295 e. The summed E-state index contributed by atoms with van der Waals surface area (Å²) in [6.07, 6.45) is 0. The Balaban J connectivity index is 2.76. The van der Waals surface area contributed by atoms with Crippen molar-refractivity contribution in [3.8, 4) is 0 Å². The summed E-state index contributed by atoms with van der Waals surface area (Å²) in [6.45, 7) is 5.78. The van der Waals surface area contributed by atoms with Crippen molar-refractivity contribution in [3.63, 3.8) is 0 Å². The molecule has 0 heterocycles. The third kappa shape index (κ3) is 1.78. The van der Waals surface area contributed by atoms with Crippen LogP contribution in [0.2, 0.25) is 0 Å². The number of carbonyl (C=O) groups excluding carboxylic acids is 1. The number of aryl methyl sites for hydroxylation is 2. The van der Waals surface area contributed by atoms with Gasteiger partial charge in [0.1, 0.15) is 0 Å². The van der Waals surface area contributed by atoms with Gasteiger partial charge >= 0.3 is 0 Å². The van der Waals surface area contributed by atoms with Crippen molar-refractivity contribution < 1.29 is 4.79 Å². The van der Waals surface area contributed by atoms with E-state index in [4.69, 9.17) is 0 Å². The van der Waals surface area contributed by atoms with Crippen LogP contribution in [0.15, 0.2) is 30.3 Å². The topological polar surface area (TPSA) is 17.1 Å². The van der Waals surface area contributed by atoms with Crippen LogP contribution in [-0.4, -0.2) is 5.78 Å². The Morgan fingerprint density at radius 3 is 2.47 bits per heavy atom. The maximum absolute atomic E-state index is 11.3. The van der Waals surface area contributed by atoms with E-state index in [1.807, 2.05) is 18.2 Å². The monoisotopic (exact) mass is 198 g/mol. The summed E-state index contributed by atoms with van der Waals surface area (Å²) in [7, 11) is 0. The number of fused-ring (bicyclic) bond motifs is 1. The first-order chi connectivity index (χ1) is 7.08. The summed E-state index contributed by atoms with van der Waals surface area (Å²) in [5.41, 5.74) is 3.29. The van der Waals surface area contributed by atoms with Crippen LogP contribution in [0.1, 0.15) is 28.4 Å². The number of carbonyl (C=O) groups is 1. The van der Waals surface area contributed by atoms with Crippen LogP contribution in [0, 0.1) is 13.8 Å². The quantitative estimate of drug-likeness (QED) is 0.639. The van der Waals surface area contributed by atoms with Gasteiger partial charge < -0.3 is 0 Å². The molecule has 15 heavy (non-hydrogen) atoms. The van der Waals surface area contributed by atoms with Gasteiger partial charge in [-0.05, 0) is 43.2 Å². The van der Waals surface area contributed by atoms with E-state index in [1.165, 1.54) is 16.5 Å². The number of benzene rings is 2. The van der Waals surface area contributed by atoms with Gasteiger partial charge in [0, 0.05) is 5.56 Å². The van der Waals surface area contributed by atoms with E-state index in [2.05, 4.69) is 26.0 Å². The lowest BCUT2D eigenvalue weighted by Gasteiger charge is -2.05. The van der Waals surface area contributed by atoms with Crippen molar-refractivity contribution in [3.05, 3.63) is 47.0 Å². The molecule has 76 valence electrons. The van der Waals surface area contributed by atoms with Gasteiger partial charge in [-0.15, -0.1) is 0 Å². The van der Waals surface area contributed by atoms with E-state index in [-0.39, 0.29) is 5.78 Å². The summed E-state index contributed by atoms with van der Waals surface area (Å²) >= 11 is 0. The van der Waals surface area contributed by atoms with Gasteiger partial charge in [0.05, 0.1) is 0 Å². The second-order valence-electron chi connectivity index (χ2n) is 4.07. The highest BCUT2D eigenvalue weighted by Gasteiger charge is 2.03. The van der Waals surface area contributed by atoms with Crippen LogP contribution in [0.4, 0.5) is 0 Å². The van der Waals surface area contributed by atoms with Crippen molar-refractivity contribution in [1.82, 2.24) is 0 Å². The summed E-state index contributed by atoms with van der Waals surface area (Å²) in [5, 5.41) is 2.38. The Labute approximate surface area is 89.7 Å². The molecule has 0 fully saturated rings. The highest BCUT2D eigenvalue weighted by Crippen LogP contribution is 2.21. The van der Waals surface area contributed by atoms with Gasteiger partial charge in [-0.25, -0.2) is 0 Å². The molecule has 0 aromatic heterocycles. The van der Waals surface area contributed by atoms with Gasteiger partial charge in [-0.2, -0.15) is 0 Å². The first-order valence-electron chi connectivity index (χ1n) is 5.10. The van der Waals surface area contributed by atoms with Crippen LogP contribution < -0.4 is 0 Å². The number of Topliss-reactive ketones (excluding diaryl/α,β-unsaturated/α-hetero) is 1. The van der Waals surface area contributed by atoms with Crippen molar-refractivity contribution >= 4 is 16.6 Å². The SMILES string of the molecule is CC(=O)c1ccc2c(C)cc(C)cc2c1. The zero-order chi connectivity index (χ0) is 11.0. The molecule has 2 aromatic carbocycles. The zero-order valence-electron chi connectivity index (χ0n) is 9.29. The van der Waals surface area contributed by atoms with Crippen LogP contribution >= 0.6 is 0 Å². The minimum atomic E-state index is 0.121. The van der Waals surface area contributed by atoms with Crippen LogP contribution in [0.5, 0.6) is 0 Å². The standard InChI is InChI=1S/C14H14O/c1-9-6-10(2)14-5-4-12(11(3)15)8-13(14)7-9/h4-8H,1-3H3. The Hall–Kier alpha value is -1.63. The molecule has 0 atom stereocenters. The van der Waals surface area contributed by atoms with Crippen LogP contribution in [0.3, 0.4) is 0 Å². The van der Waals surface area contributed by atoms with Crippen LogP contribution in [-0.2, 0) is 0 Å². The number of rotatable bonds is 1. The summed E-state index contributed by atoms with van der Waals surface area (Å²) in [5.74, 6) is 0.121. The molecule has 0 saturated carbocycles. The zero-order valence-corrected chi connectivity index (χ0v) is 9.29. The molecule has 0 radical (unpaired) electrons. The second-order valence-corrected chi connectivity index (χ2v) is 4.07. The molecule has 0 aliphatic carbocycles. The fourth-order valence-electron chi connectivity index (χ4n) is 1.97. The largest absolute Gasteiger partial charge is 0.295 e. The lowest BCUT2D eigenvalue weighted by atomic mass is 9.99. The van der Waals surface area contributed by atoms with E-state index in [0.29, 0.717) is 0 Å². The van der Waals surface area contributed by atoms with Gasteiger partial charge in [0.15, 0.2) is 5.78 Å². The van der Waals surface area contributed by atoms with Gasteiger partial charge in [-0.1, -0.05) is 29.8 Å². The molecule has 2 aromatic rings. The minimum absolute atomic E-state index is 0.121. The van der Waals surface area contributed by atoms with Gasteiger partial charge in [0.2, 0.25) is 0 Å². The summed E-state index contributed by atoms with van der Waals surface area (Å²) < 4.78 is 0. The highest BCUT2D eigenvalue weighted by molar-refractivity contribution is 5.99. The van der Waals surface area contributed by atoms with Crippen molar-refractivity contribution in [2.45, 2.75) is 20.8 Å². The Bertz CT molecular complexity index is 538. The Morgan fingerprint density at radius 2 is 1.80 bits per heavy atom. The molecule has 0 unspecified atom stereocenters. The molecular weight excluding hydrogens is 184 g/mol. The van der Waals surface area contributed by atoms with E-state index in [1.54, 1.807) is 6.92 Å². The second kappa shape index (κ2) is 3.50. The molecule has 2 rings (SSSR count). The molecule has 0 bridgehead atoms. The van der Waals surface area contributed by atoms with Crippen molar-refractivity contribution in [2.75, 3.05) is 0 Å². The number of hydrogen-bond donors (Lipinski definition) is 0. The maximum atomic E-state index is 11.3. The molecule has 0 amide bonds. The van der Waals surface area contributed by atoms with E-state index in [0.717, 1.165) is 10.9 Å². The van der Waals surface area contributed by atoms with Crippen LogP contribution in [0.25, 0.3) is 10.8 Å². The van der Waals surface area contributed by atoms with Crippen molar-refractivity contribution in [2.24, 2.45) is 0 Å². The average Bonchev–Trinajstić information content (AvgIpc) is 2.16. The molecule has 0 aliphatic rings. The fourth-order valence-corrected chi connectivity index (χ4v) is 1.97. The maximum Gasteiger partial charge on any atom is 0.159 e. The highest BCUT2D eigenvalue weighted by atomic mass is 16.1. The molecular formula is C14H14O. The number of ketones is 1. The van der Waals surface area contributed by atoms with Crippen molar-refractivity contribution in [1.29, 1.82) is 0 Å². The Kier molecular flexibility index (Phi) is 2.31. The molecule has 1 heteroatoms. The lowest BCUT2D eigenvalue weighted by molar-refractivity contribution is 0.101. The Morgan fingerprint density at radius 1 is 1.07 bits per heavy atom. The lowest BCUT2D eigenvalue weighted by Crippen LogP contribution is -1.92. The summed E-state index contributed by atoms with van der Waals surface area (Å²) in [6, 6.07) is 10.2. The smallest absolute Gasteiger partial charge is 0.159 e. The van der Waals surface area contributed by atoms with E-state index in [9.17, 15) is 4.79 Å². The normalized spacial score (nSPS) is 10.6. The first kappa shape index (κ1) is 9.91.